The number of carboxylic acid groups (broad SMARTS) is 1. The molecule has 0 fully saturated rings. The molecule has 0 aliphatic carbocycles. The SMILES string of the molecule is C#CCCCCNC(=O)Nc1c(Br)cccc1C(=O)O. The maximum absolute atomic E-state index is 11.7. The molecule has 3 N–H and O–H groups in total. The van der Waals surface area contributed by atoms with E-state index in [4.69, 9.17) is 11.5 Å². The topological polar surface area (TPSA) is 78.4 Å². The van der Waals surface area contributed by atoms with Crippen LogP contribution in [-0.4, -0.2) is 23.7 Å². The van der Waals surface area contributed by atoms with Gasteiger partial charge in [0.2, 0.25) is 0 Å². The normalized spacial score (nSPS) is 9.60. The number of nitrogens with one attached hydrogen (secondary N) is 2. The molecule has 1 aromatic rings. The summed E-state index contributed by atoms with van der Waals surface area (Å²) >= 11 is 3.22. The number of hydrogen-bond acceptors (Lipinski definition) is 2. The van der Waals surface area contributed by atoms with E-state index >= 15 is 0 Å². The Kier molecular flexibility index (Phi) is 6.60. The van der Waals surface area contributed by atoms with Crippen LogP contribution in [0.15, 0.2) is 22.7 Å². The van der Waals surface area contributed by atoms with Gasteiger partial charge in [0.25, 0.3) is 0 Å². The molecule has 1 rings (SSSR count). The van der Waals surface area contributed by atoms with Gasteiger partial charge in [-0.3, -0.25) is 0 Å². The minimum atomic E-state index is -1.10. The van der Waals surface area contributed by atoms with E-state index in [-0.39, 0.29) is 11.3 Å². The molecule has 0 bridgehead atoms. The van der Waals surface area contributed by atoms with Gasteiger partial charge < -0.3 is 15.7 Å². The van der Waals surface area contributed by atoms with Crippen LogP contribution < -0.4 is 10.6 Å². The van der Waals surface area contributed by atoms with Crippen LogP contribution in [0.5, 0.6) is 0 Å². The van der Waals surface area contributed by atoms with E-state index in [0.29, 0.717) is 17.4 Å². The van der Waals surface area contributed by atoms with Crippen molar-refractivity contribution in [1.82, 2.24) is 5.32 Å². The lowest BCUT2D eigenvalue weighted by Crippen LogP contribution is -2.30. The van der Waals surface area contributed by atoms with Crippen molar-refractivity contribution in [1.29, 1.82) is 0 Å². The van der Waals surface area contributed by atoms with Crippen LogP contribution in [0.1, 0.15) is 29.6 Å². The lowest BCUT2D eigenvalue weighted by Gasteiger charge is -2.11. The molecule has 6 heteroatoms. The molecule has 2 amide bonds. The predicted octanol–water partition coefficient (Wildman–Crippen LogP) is 3.07. The second-order valence-corrected chi connectivity index (χ2v) is 4.86. The van der Waals surface area contributed by atoms with Crippen molar-refractivity contribution in [3.8, 4) is 12.3 Å². The van der Waals surface area contributed by atoms with Crippen molar-refractivity contribution in [3.63, 3.8) is 0 Å². The lowest BCUT2D eigenvalue weighted by molar-refractivity contribution is 0.0698. The fourth-order valence-electron chi connectivity index (χ4n) is 1.54. The maximum atomic E-state index is 11.7. The molecule has 5 nitrogen and oxygen atoms in total. The van der Waals surface area contributed by atoms with Gasteiger partial charge in [0.05, 0.1) is 11.3 Å². The van der Waals surface area contributed by atoms with E-state index in [1.165, 1.54) is 6.07 Å². The number of rotatable bonds is 6. The Bertz CT molecular complexity index is 538. The molecule has 0 aromatic heterocycles. The van der Waals surface area contributed by atoms with Crippen molar-refractivity contribution in [2.24, 2.45) is 0 Å². The van der Waals surface area contributed by atoms with Gasteiger partial charge in [-0.05, 0) is 40.9 Å². The van der Waals surface area contributed by atoms with Gasteiger partial charge in [-0.25, -0.2) is 9.59 Å². The van der Waals surface area contributed by atoms with Crippen molar-refractivity contribution < 1.29 is 14.7 Å². The van der Waals surface area contributed by atoms with Crippen LogP contribution >= 0.6 is 15.9 Å². The number of halogens is 1. The number of para-hydroxylation sites is 1. The monoisotopic (exact) mass is 338 g/mol. The predicted molar refractivity (Wildman–Crippen MR) is 80.8 cm³/mol. The Morgan fingerprint density at radius 2 is 2.10 bits per heavy atom. The van der Waals surface area contributed by atoms with E-state index in [1.807, 2.05) is 0 Å². The molecule has 0 atom stereocenters. The fourth-order valence-corrected chi connectivity index (χ4v) is 2.01. The van der Waals surface area contributed by atoms with E-state index < -0.39 is 12.0 Å². The van der Waals surface area contributed by atoms with Crippen LogP contribution in [0.4, 0.5) is 10.5 Å². The number of carboxylic acids is 1. The molecule has 1 aromatic carbocycles. The first-order valence-electron chi connectivity index (χ1n) is 6.06. The van der Waals surface area contributed by atoms with Crippen LogP contribution in [0.25, 0.3) is 0 Å². The molecule has 0 saturated carbocycles. The summed E-state index contributed by atoms with van der Waals surface area (Å²) in [6.45, 7) is 0.486. The molecule has 0 aliphatic heterocycles. The third-order valence-corrected chi connectivity index (χ3v) is 3.18. The highest BCUT2D eigenvalue weighted by atomic mass is 79.9. The van der Waals surface area contributed by atoms with Crippen molar-refractivity contribution in [3.05, 3.63) is 28.2 Å². The number of hydrogen-bond donors (Lipinski definition) is 3. The largest absolute Gasteiger partial charge is 0.478 e. The smallest absolute Gasteiger partial charge is 0.337 e. The van der Waals surface area contributed by atoms with Gasteiger partial charge in [0.15, 0.2) is 0 Å². The summed E-state index contributed by atoms with van der Waals surface area (Å²) in [6, 6.07) is 4.24. The number of aromatic carboxylic acids is 1. The van der Waals surface area contributed by atoms with Gasteiger partial charge >= 0.3 is 12.0 Å². The van der Waals surface area contributed by atoms with Crippen molar-refractivity contribution in [2.45, 2.75) is 19.3 Å². The molecule has 20 heavy (non-hydrogen) atoms. The highest BCUT2D eigenvalue weighted by molar-refractivity contribution is 9.10. The van der Waals surface area contributed by atoms with Crippen LogP contribution in [0.3, 0.4) is 0 Å². The van der Waals surface area contributed by atoms with Gasteiger partial charge in [0.1, 0.15) is 0 Å². The second kappa shape index (κ2) is 8.23. The van der Waals surface area contributed by atoms with Crippen molar-refractivity contribution in [2.75, 3.05) is 11.9 Å². The zero-order valence-electron chi connectivity index (χ0n) is 10.8. The molecule has 0 aliphatic rings. The first-order valence-corrected chi connectivity index (χ1v) is 6.85. The summed E-state index contributed by atoms with van der Waals surface area (Å²) in [5.41, 5.74) is 0.267. The Morgan fingerprint density at radius 3 is 2.75 bits per heavy atom. The lowest BCUT2D eigenvalue weighted by atomic mass is 10.2. The van der Waals surface area contributed by atoms with E-state index in [2.05, 4.69) is 32.5 Å². The number of anilines is 1. The number of amides is 2. The minimum absolute atomic E-state index is 0.0295. The third kappa shape index (κ3) is 4.94. The van der Waals surface area contributed by atoms with Crippen LogP contribution in [0, 0.1) is 12.3 Å². The number of urea groups is 1. The average molecular weight is 339 g/mol. The zero-order chi connectivity index (χ0) is 15.0. The van der Waals surface area contributed by atoms with E-state index in [0.717, 1.165) is 12.8 Å². The number of carbonyl (C=O) groups is 2. The molecule has 0 saturated heterocycles. The summed E-state index contributed by atoms with van der Waals surface area (Å²) < 4.78 is 0.514. The summed E-state index contributed by atoms with van der Waals surface area (Å²) in [7, 11) is 0. The Balaban J connectivity index is 2.58. The number of unbranched alkanes of at least 4 members (excludes halogenated alkanes) is 2. The number of carbonyl (C=O) groups excluding carboxylic acids is 1. The molecular formula is C14H15BrN2O3. The zero-order valence-corrected chi connectivity index (χ0v) is 12.4. The molecular weight excluding hydrogens is 324 g/mol. The molecule has 0 unspecified atom stereocenters. The minimum Gasteiger partial charge on any atom is -0.478 e. The molecule has 0 radical (unpaired) electrons. The second-order valence-electron chi connectivity index (χ2n) is 4.01. The Morgan fingerprint density at radius 1 is 1.35 bits per heavy atom. The first kappa shape index (κ1) is 16.1. The van der Waals surface area contributed by atoms with Gasteiger partial charge in [-0.1, -0.05) is 6.07 Å². The van der Waals surface area contributed by atoms with Crippen molar-refractivity contribution >= 4 is 33.6 Å². The standard InChI is InChI=1S/C14H15BrN2O3/c1-2-3-4-5-9-16-14(20)17-12-10(13(18)19)7-6-8-11(12)15/h1,6-8H,3-5,9H2,(H,18,19)(H2,16,17,20). The molecule has 0 spiro atoms. The summed E-state index contributed by atoms with van der Waals surface area (Å²) in [6.07, 6.45) is 7.42. The molecule has 106 valence electrons. The summed E-state index contributed by atoms with van der Waals surface area (Å²) in [5.74, 6) is 1.42. The van der Waals surface area contributed by atoms with Crippen LogP contribution in [-0.2, 0) is 0 Å². The highest BCUT2D eigenvalue weighted by Crippen LogP contribution is 2.26. The summed E-state index contributed by atoms with van der Waals surface area (Å²) in [5, 5.41) is 14.2. The van der Waals surface area contributed by atoms with Gasteiger partial charge in [-0.15, -0.1) is 12.3 Å². The maximum Gasteiger partial charge on any atom is 0.337 e. The average Bonchev–Trinajstić information content (AvgIpc) is 2.40. The summed E-state index contributed by atoms with van der Waals surface area (Å²) in [4.78, 5) is 22.8. The first-order chi connectivity index (χ1) is 9.56. The Hall–Kier alpha value is -2.00. The third-order valence-electron chi connectivity index (χ3n) is 2.52. The van der Waals surface area contributed by atoms with Gasteiger partial charge in [-0.2, -0.15) is 0 Å². The molecule has 0 heterocycles. The number of terminal acetylenes is 1. The van der Waals surface area contributed by atoms with E-state index in [9.17, 15) is 9.59 Å². The number of benzene rings is 1. The Labute approximate surface area is 125 Å². The van der Waals surface area contributed by atoms with Gasteiger partial charge in [0, 0.05) is 17.4 Å². The fraction of sp³-hybridized carbons (Fsp3) is 0.286. The van der Waals surface area contributed by atoms with E-state index in [1.54, 1.807) is 12.1 Å². The quantitative estimate of drug-likeness (QED) is 0.551. The highest BCUT2D eigenvalue weighted by Gasteiger charge is 2.14. The van der Waals surface area contributed by atoms with Crippen LogP contribution in [0.2, 0.25) is 0 Å².